The minimum absolute atomic E-state index is 0.0242. The molecule has 0 radical (unpaired) electrons. The Morgan fingerprint density at radius 3 is 2.19 bits per heavy atom. The molecule has 1 saturated carbocycles. The van der Waals surface area contributed by atoms with E-state index in [9.17, 15) is 14.4 Å². The van der Waals surface area contributed by atoms with Crippen molar-refractivity contribution in [2.75, 3.05) is 14.1 Å². The summed E-state index contributed by atoms with van der Waals surface area (Å²) in [6.07, 6.45) is 4.77. The molecule has 1 atom stereocenters. The third-order valence-corrected chi connectivity index (χ3v) is 4.16. The van der Waals surface area contributed by atoms with Crippen molar-refractivity contribution in [1.29, 1.82) is 0 Å². The normalized spacial score (nSPS) is 18.6. The summed E-state index contributed by atoms with van der Waals surface area (Å²) in [6, 6.07) is -0.585. The lowest BCUT2D eigenvalue weighted by molar-refractivity contribution is -0.142. The molecule has 0 spiro atoms. The zero-order chi connectivity index (χ0) is 16.0. The Labute approximate surface area is 125 Å². The first-order chi connectivity index (χ1) is 9.76. The van der Waals surface area contributed by atoms with Gasteiger partial charge in [-0.05, 0) is 25.2 Å². The Bertz CT molecular complexity index is 400. The molecule has 0 bridgehead atoms. The van der Waals surface area contributed by atoms with E-state index in [0.29, 0.717) is 0 Å². The van der Waals surface area contributed by atoms with Gasteiger partial charge in [0.25, 0.3) is 0 Å². The predicted molar refractivity (Wildman–Crippen MR) is 78.7 cm³/mol. The first kappa shape index (κ1) is 17.5. The monoisotopic (exact) mass is 298 g/mol. The van der Waals surface area contributed by atoms with Gasteiger partial charge in [0.2, 0.25) is 11.8 Å². The van der Waals surface area contributed by atoms with Crippen molar-refractivity contribution in [2.45, 2.75) is 57.9 Å². The number of nitrogens with zero attached hydrogens (tertiary/aromatic N) is 1. The quantitative estimate of drug-likeness (QED) is 0.776. The van der Waals surface area contributed by atoms with Gasteiger partial charge >= 0.3 is 5.97 Å². The zero-order valence-corrected chi connectivity index (χ0v) is 13.1. The lowest BCUT2D eigenvalue weighted by atomic mass is 9.69. The van der Waals surface area contributed by atoms with Crippen molar-refractivity contribution >= 4 is 17.8 Å². The molecule has 2 amide bonds. The van der Waals surface area contributed by atoms with Crippen LogP contribution in [-0.2, 0) is 14.4 Å². The Balaban J connectivity index is 2.64. The number of likely N-dealkylation sites (N-methyl/N-ethyl adjacent to an activating group) is 1. The van der Waals surface area contributed by atoms with E-state index < -0.39 is 17.4 Å². The second kappa shape index (κ2) is 7.43. The smallest absolute Gasteiger partial charge is 0.303 e. The van der Waals surface area contributed by atoms with Crippen LogP contribution in [-0.4, -0.2) is 47.9 Å². The maximum Gasteiger partial charge on any atom is 0.303 e. The van der Waals surface area contributed by atoms with Gasteiger partial charge in [0.15, 0.2) is 0 Å². The van der Waals surface area contributed by atoms with Crippen LogP contribution >= 0.6 is 0 Å². The Morgan fingerprint density at radius 2 is 1.71 bits per heavy atom. The van der Waals surface area contributed by atoms with E-state index in [2.05, 4.69) is 5.32 Å². The number of aliphatic carboxylic acids is 1. The van der Waals surface area contributed by atoms with Gasteiger partial charge < -0.3 is 15.3 Å². The fourth-order valence-electron chi connectivity index (χ4n) is 3.12. The number of carbonyl (C=O) groups excluding carboxylic acids is 2. The highest BCUT2D eigenvalue weighted by atomic mass is 16.4. The SMILES string of the molecule is CC(NC(=O)CC1(CC(=O)O)CCCCC1)C(=O)N(C)C. The van der Waals surface area contributed by atoms with E-state index in [1.54, 1.807) is 21.0 Å². The summed E-state index contributed by atoms with van der Waals surface area (Å²) in [4.78, 5) is 36.4. The maximum absolute atomic E-state index is 12.2. The summed E-state index contributed by atoms with van der Waals surface area (Å²) < 4.78 is 0. The van der Waals surface area contributed by atoms with E-state index in [4.69, 9.17) is 5.11 Å². The number of rotatable bonds is 6. The highest BCUT2D eigenvalue weighted by Crippen LogP contribution is 2.42. The molecule has 0 aromatic carbocycles. The molecule has 1 aliphatic rings. The van der Waals surface area contributed by atoms with Crippen molar-refractivity contribution in [3.63, 3.8) is 0 Å². The minimum atomic E-state index is -0.859. The average Bonchev–Trinajstić information content (AvgIpc) is 2.37. The molecule has 120 valence electrons. The summed E-state index contributed by atoms with van der Waals surface area (Å²) in [5, 5.41) is 11.8. The predicted octanol–water partition coefficient (Wildman–Crippen LogP) is 1.39. The Kier molecular flexibility index (Phi) is 6.18. The maximum atomic E-state index is 12.2. The Hall–Kier alpha value is -1.59. The first-order valence-corrected chi connectivity index (χ1v) is 7.48. The standard InChI is InChI=1S/C15H26N2O4/c1-11(14(21)17(2)3)16-12(18)9-15(10-13(19)20)7-5-4-6-8-15/h11H,4-10H2,1-3H3,(H,16,18)(H,19,20). The molecule has 0 saturated heterocycles. The Morgan fingerprint density at radius 1 is 1.14 bits per heavy atom. The van der Waals surface area contributed by atoms with Crippen LogP contribution in [0.5, 0.6) is 0 Å². The lowest BCUT2D eigenvalue weighted by Gasteiger charge is -2.35. The number of hydrogen-bond acceptors (Lipinski definition) is 3. The molecule has 6 nitrogen and oxygen atoms in total. The van der Waals surface area contributed by atoms with E-state index in [-0.39, 0.29) is 24.7 Å². The van der Waals surface area contributed by atoms with Crippen molar-refractivity contribution < 1.29 is 19.5 Å². The van der Waals surface area contributed by atoms with Gasteiger partial charge in [0, 0.05) is 20.5 Å². The van der Waals surface area contributed by atoms with Crippen LogP contribution in [0.1, 0.15) is 51.9 Å². The fraction of sp³-hybridized carbons (Fsp3) is 0.800. The molecule has 0 heterocycles. The molecular formula is C15H26N2O4. The molecule has 2 N–H and O–H groups in total. The second-order valence-corrected chi connectivity index (χ2v) is 6.33. The molecule has 0 aliphatic heterocycles. The number of amides is 2. The lowest BCUT2D eigenvalue weighted by Crippen LogP contribution is -2.46. The van der Waals surface area contributed by atoms with Crippen LogP contribution in [0.15, 0.2) is 0 Å². The van der Waals surface area contributed by atoms with Crippen molar-refractivity contribution in [3.8, 4) is 0 Å². The number of carbonyl (C=O) groups is 3. The largest absolute Gasteiger partial charge is 0.481 e. The van der Waals surface area contributed by atoms with Gasteiger partial charge in [-0.3, -0.25) is 14.4 Å². The molecule has 1 rings (SSSR count). The molecule has 6 heteroatoms. The van der Waals surface area contributed by atoms with Gasteiger partial charge in [0.1, 0.15) is 6.04 Å². The summed E-state index contributed by atoms with van der Waals surface area (Å²) >= 11 is 0. The van der Waals surface area contributed by atoms with Gasteiger partial charge in [-0.1, -0.05) is 19.3 Å². The molecule has 0 aromatic heterocycles. The molecule has 21 heavy (non-hydrogen) atoms. The minimum Gasteiger partial charge on any atom is -0.481 e. The molecule has 1 aliphatic carbocycles. The third kappa shape index (κ3) is 5.36. The highest BCUT2D eigenvalue weighted by molar-refractivity contribution is 5.87. The first-order valence-electron chi connectivity index (χ1n) is 7.48. The van der Waals surface area contributed by atoms with Crippen molar-refractivity contribution in [2.24, 2.45) is 5.41 Å². The second-order valence-electron chi connectivity index (χ2n) is 6.33. The average molecular weight is 298 g/mol. The van der Waals surface area contributed by atoms with E-state index in [1.165, 1.54) is 4.90 Å². The molecule has 1 fully saturated rings. The number of nitrogens with one attached hydrogen (secondary N) is 1. The van der Waals surface area contributed by atoms with Crippen molar-refractivity contribution in [1.82, 2.24) is 10.2 Å². The molecule has 0 aromatic rings. The number of hydrogen-bond donors (Lipinski definition) is 2. The van der Waals surface area contributed by atoms with Crippen molar-refractivity contribution in [3.05, 3.63) is 0 Å². The van der Waals surface area contributed by atoms with Crippen LogP contribution in [0.4, 0.5) is 0 Å². The molecular weight excluding hydrogens is 272 g/mol. The fourth-order valence-corrected chi connectivity index (χ4v) is 3.12. The van der Waals surface area contributed by atoms with Crippen LogP contribution in [0, 0.1) is 5.41 Å². The molecule has 1 unspecified atom stereocenters. The van der Waals surface area contributed by atoms with Gasteiger partial charge in [-0.15, -0.1) is 0 Å². The van der Waals surface area contributed by atoms with Crippen LogP contribution in [0.3, 0.4) is 0 Å². The van der Waals surface area contributed by atoms with Gasteiger partial charge in [-0.2, -0.15) is 0 Å². The van der Waals surface area contributed by atoms with E-state index in [1.807, 2.05) is 0 Å². The summed E-state index contributed by atoms with van der Waals surface area (Å²) in [5.41, 5.74) is -0.449. The topological polar surface area (TPSA) is 86.7 Å². The highest BCUT2D eigenvalue weighted by Gasteiger charge is 2.36. The van der Waals surface area contributed by atoms with Gasteiger partial charge in [0.05, 0.1) is 6.42 Å². The van der Waals surface area contributed by atoms with Crippen LogP contribution < -0.4 is 5.32 Å². The third-order valence-electron chi connectivity index (χ3n) is 4.16. The van der Waals surface area contributed by atoms with E-state index in [0.717, 1.165) is 32.1 Å². The van der Waals surface area contributed by atoms with Crippen LogP contribution in [0.2, 0.25) is 0 Å². The summed E-state index contributed by atoms with van der Waals surface area (Å²) in [5.74, 6) is -1.26. The zero-order valence-electron chi connectivity index (χ0n) is 13.1. The van der Waals surface area contributed by atoms with E-state index >= 15 is 0 Å². The van der Waals surface area contributed by atoms with Crippen LogP contribution in [0.25, 0.3) is 0 Å². The summed E-state index contributed by atoms with van der Waals surface area (Å²) in [6.45, 7) is 1.64. The number of carboxylic acid groups (broad SMARTS) is 1. The summed E-state index contributed by atoms with van der Waals surface area (Å²) in [7, 11) is 3.27. The van der Waals surface area contributed by atoms with Gasteiger partial charge in [-0.25, -0.2) is 0 Å². The number of carboxylic acids is 1.